The van der Waals surface area contributed by atoms with Crippen molar-refractivity contribution in [2.45, 2.75) is 0 Å². The molecule has 7 heteroatoms. The molecule has 1 heterocycles. The Morgan fingerprint density at radius 2 is 2.20 bits per heavy atom. The van der Waals surface area contributed by atoms with Crippen LogP contribution in [0, 0.1) is 10.1 Å². The van der Waals surface area contributed by atoms with Crippen LogP contribution in [0.5, 0.6) is 0 Å². The van der Waals surface area contributed by atoms with E-state index >= 15 is 0 Å². The molecule has 1 aromatic heterocycles. The van der Waals surface area contributed by atoms with E-state index in [2.05, 4.69) is 15.4 Å². The normalized spacial score (nSPS) is 10.2. The number of nitrogens with two attached hydrogens (primary N) is 1. The summed E-state index contributed by atoms with van der Waals surface area (Å²) in [5.41, 5.74) is 3.35. The van der Waals surface area contributed by atoms with Gasteiger partial charge in [0.2, 0.25) is 0 Å². The molecule has 1 aromatic carbocycles. The van der Waals surface area contributed by atoms with Crippen molar-refractivity contribution in [3.05, 3.63) is 34.5 Å². The van der Waals surface area contributed by atoms with E-state index in [1.54, 1.807) is 0 Å². The fourth-order valence-corrected chi connectivity index (χ4v) is 1.18. The Kier molecular flexibility index (Phi) is 2.14. The first-order valence-electron chi connectivity index (χ1n) is 4.08. The lowest BCUT2D eigenvalue weighted by Crippen LogP contribution is -2.08. The SMILES string of the molecule is NNc1cnc2cc([N+](=O)[O-])ccc2n1. The molecule has 0 fully saturated rings. The smallest absolute Gasteiger partial charge is 0.271 e. The molecule has 0 atom stereocenters. The Morgan fingerprint density at radius 3 is 2.87 bits per heavy atom. The molecule has 7 nitrogen and oxygen atoms in total. The van der Waals surface area contributed by atoms with Gasteiger partial charge in [0.25, 0.3) is 5.69 Å². The molecule has 0 spiro atoms. The molecule has 0 bridgehead atoms. The lowest BCUT2D eigenvalue weighted by Gasteiger charge is -2.00. The highest BCUT2D eigenvalue weighted by Gasteiger charge is 2.07. The van der Waals surface area contributed by atoms with Crippen molar-refractivity contribution in [3.8, 4) is 0 Å². The van der Waals surface area contributed by atoms with Gasteiger partial charge in [-0.25, -0.2) is 10.8 Å². The van der Waals surface area contributed by atoms with E-state index < -0.39 is 4.92 Å². The van der Waals surface area contributed by atoms with E-state index in [1.807, 2.05) is 0 Å². The lowest BCUT2D eigenvalue weighted by atomic mass is 10.2. The van der Waals surface area contributed by atoms with Crippen molar-refractivity contribution in [2.75, 3.05) is 5.43 Å². The summed E-state index contributed by atoms with van der Waals surface area (Å²) in [4.78, 5) is 18.1. The second-order valence-electron chi connectivity index (χ2n) is 2.83. The zero-order valence-electron chi connectivity index (χ0n) is 7.54. The zero-order chi connectivity index (χ0) is 10.8. The third kappa shape index (κ3) is 1.67. The van der Waals surface area contributed by atoms with Crippen LogP contribution in [0.25, 0.3) is 11.0 Å². The van der Waals surface area contributed by atoms with Crippen LogP contribution in [0.2, 0.25) is 0 Å². The van der Waals surface area contributed by atoms with Crippen LogP contribution in [0.15, 0.2) is 24.4 Å². The summed E-state index contributed by atoms with van der Waals surface area (Å²) < 4.78 is 0. The van der Waals surface area contributed by atoms with Crippen LogP contribution in [0.4, 0.5) is 11.5 Å². The molecule has 76 valence electrons. The fraction of sp³-hybridized carbons (Fsp3) is 0. The Hall–Kier alpha value is -2.28. The fourth-order valence-electron chi connectivity index (χ4n) is 1.18. The summed E-state index contributed by atoms with van der Waals surface area (Å²) in [5, 5.41) is 10.5. The van der Waals surface area contributed by atoms with Crippen LogP contribution >= 0.6 is 0 Å². The number of benzene rings is 1. The monoisotopic (exact) mass is 205 g/mol. The molecule has 2 rings (SSSR count). The minimum Gasteiger partial charge on any atom is -0.307 e. The minimum absolute atomic E-state index is 0.00902. The van der Waals surface area contributed by atoms with Gasteiger partial charge in [0.15, 0.2) is 5.82 Å². The van der Waals surface area contributed by atoms with Gasteiger partial charge in [-0.2, -0.15) is 0 Å². The van der Waals surface area contributed by atoms with Crippen LogP contribution in [-0.2, 0) is 0 Å². The maximum absolute atomic E-state index is 10.5. The van der Waals surface area contributed by atoms with E-state index in [9.17, 15) is 10.1 Å². The molecule has 0 aliphatic rings. The standard InChI is InChI=1S/C8H7N5O2/c9-12-8-4-10-7-3-5(13(14)15)1-2-6(7)11-8/h1-4H,9H2,(H,11,12). The molecular formula is C8H7N5O2. The van der Waals surface area contributed by atoms with Crippen LogP contribution in [0.3, 0.4) is 0 Å². The van der Waals surface area contributed by atoms with E-state index in [0.717, 1.165) is 0 Å². The minimum atomic E-state index is -0.476. The number of hydrazine groups is 1. The van der Waals surface area contributed by atoms with Crippen molar-refractivity contribution in [2.24, 2.45) is 5.84 Å². The van der Waals surface area contributed by atoms with E-state index in [4.69, 9.17) is 5.84 Å². The van der Waals surface area contributed by atoms with Gasteiger partial charge in [-0.15, -0.1) is 0 Å². The number of hydrogen-bond acceptors (Lipinski definition) is 6. The van der Waals surface area contributed by atoms with E-state index in [0.29, 0.717) is 16.9 Å². The number of nitro groups is 1. The van der Waals surface area contributed by atoms with Gasteiger partial charge in [0.1, 0.15) is 0 Å². The van der Waals surface area contributed by atoms with Gasteiger partial charge < -0.3 is 5.43 Å². The summed E-state index contributed by atoms with van der Waals surface area (Å²) in [6.45, 7) is 0. The molecule has 0 saturated carbocycles. The number of nitrogens with one attached hydrogen (secondary N) is 1. The first kappa shape index (κ1) is 9.28. The number of non-ortho nitro benzene ring substituents is 1. The van der Waals surface area contributed by atoms with Crippen molar-refractivity contribution in [1.29, 1.82) is 0 Å². The highest BCUT2D eigenvalue weighted by atomic mass is 16.6. The van der Waals surface area contributed by atoms with Crippen molar-refractivity contribution >= 4 is 22.5 Å². The predicted molar refractivity (Wildman–Crippen MR) is 54.0 cm³/mol. The van der Waals surface area contributed by atoms with Gasteiger partial charge >= 0.3 is 0 Å². The highest BCUT2D eigenvalue weighted by molar-refractivity contribution is 5.78. The summed E-state index contributed by atoms with van der Waals surface area (Å²) in [7, 11) is 0. The van der Waals surface area contributed by atoms with Crippen LogP contribution in [0.1, 0.15) is 0 Å². The van der Waals surface area contributed by atoms with Crippen molar-refractivity contribution < 1.29 is 4.92 Å². The summed E-state index contributed by atoms with van der Waals surface area (Å²) in [5.74, 6) is 5.57. The van der Waals surface area contributed by atoms with E-state index in [-0.39, 0.29) is 5.69 Å². The van der Waals surface area contributed by atoms with Gasteiger partial charge in [-0.05, 0) is 6.07 Å². The molecule has 0 aliphatic carbocycles. The average molecular weight is 205 g/mol. The van der Waals surface area contributed by atoms with Gasteiger partial charge in [0.05, 0.1) is 22.2 Å². The van der Waals surface area contributed by atoms with Gasteiger partial charge in [-0.1, -0.05) is 0 Å². The molecule has 3 N–H and O–H groups in total. The first-order valence-corrected chi connectivity index (χ1v) is 4.08. The second-order valence-corrected chi connectivity index (χ2v) is 2.83. The largest absolute Gasteiger partial charge is 0.307 e. The van der Waals surface area contributed by atoms with Crippen molar-refractivity contribution in [1.82, 2.24) is 9.97 Å². The molecule has 15 heavy (non-hydrogen) atoms. The Morgan fingerprint density at radius 1 is 1.40 bits per heavy atom. The molecule has 0 unspecified atom stereocenters. The summed E-state index contributed by atoms with van der Waals surface area (Å²) in [6, 6.07) is 4.27. The van der Waals surface area contributed by atoms with Crippen LogP contribution < -0.4 is 11.3 Å². The van der Waals surface area contributed by atoms with E-state index in [1.165, 1.54) is 24.4 Å². The molecule has 0 radical (unpaired) electrons. The van der Waals surface area contributed by atoms with Crippen molar-refractivity contribution in [3.63, 3.8) is 0 Å². The van der Waals surface area contributed by atoms with Crippen LogP contribution in [-0.4, -0.2) is 14.9 Å². The molecule has 0 saturated heterocycles. The maximum Gasteiger partial charge on any atom is 0.271 e. The Balaban J connectivity index is 2.59. The first-order chi connectivity index (χ1) is 7.20. The number of nitro benzene ring substituents is 1. The summed E-state index contributed by atoms with van der Waals surface area (Å²) >= 11 is 0. The Bertz CT molecular complexity index is 527. The topological polar surface area (TPSA) is 107 Å². The quantitative estimate of drug-likeness (QED) is 0.427. The maximum atomic E-state index is 10.5. The number of fused-ring (bicyclic) bond motifs is 1. The predicted octanol–water partition coefficient (Wildman–Crippen LogP) is 0.824. The Labute approximate surface area is 84.1 Å². The molecular weight excluding hydrogens is 198 g/mol. The second kappa shape index (κ2) is 3.46. The zero-order valence-corrected chi connectivity index (χ0v) is 7.54. The number of rotatable bonds is 2. The average Bonchev–Trinajstić information content (AvgIpc) is 2.27. The number of aromatic nitrogens is 2. The third-order valence-corrected chi connectivity index (χ3v) is 1.88. The number of nitrogens with zero attached hydrogens (tertiary/aromatic N) is 3. The number of anilines is 1. The summed E-state index contributed by atoms with van der Waals surface area (Å²) in [6.07, 6.45) is 1.41. The highest BCUT2D eigenvalue weighted by Crippen LogP contribution is 2.18. The van der Waals surface area contributed by atoms with Gasteiger partial charge in [0, 0.05) is 12.1 Å². The lowest BCUT2D eigenvalue weighted by molar-refractivity contribution is -0.384. The molecule has 0 aliphatic heterocycles. The number of nitrogen functional groups attached to an aromatic ring is 1. The number of hydrogen-bond donors (Lipinski definition) is 2. The molecule has 2 aromatic rings. The van der Waals surface area contributed by atoms with Gasteiger partial charge in [-0.3, -0.25) is 15.1 Å². The molecule has 0 amide bonds. The third-order valence-electron chi connectivity index (χ3n) is 1.88.